The van der Waals surface area contributed by atoms with E-state index in [9.17, 15) is 8.42 Å². The van der Waals surface area contributed by atoms with Gasteiger partial charge in [0.25, 0.3) is 0 Å². The molecule has 0 saturated heterocycles. The molecule has 0 aromatic carbocycles. The molecule has 1 heterocycles. The van der Waals surface area contributed by atoms with Gasteiger partial charge in [-0.2, -0.15) is 0 Å². The highest BCUT2D eigenvalue weighted by molar-refractivity contribution is 7.90. The lowest BCUT2D eigenvalue weighted by Gasteiger charge is -2.02. The van der Waals surface area contributed by atoms with E-state index in [0.717, 1.165) is 22.6 Å². The minimum Gasteiger partial charge on any atom is -0.395 e. The highest BCUT2D eigenvalue weighted by Crippen LogP contribution is 2.27. The van der Waals surface area contributed by atoms with Gasteiger partial charge in [-0.25, -0.2) is 13.1 Å². The molecule has 18 heavy (non-hydrogen) atoms. The van der Waals surface area contributed by atoms with Crippen molar-refractivity contribution in [3.8, 4) is 11.8 Å². The lowest BCUT2D eigenvalue weighted by atomic mass is 10.4. The predicted octanol–water partition coefficient (Wildman–Crippen LogP) is 1.06. The molecule has 0 radical (unpaired) electrons. The van der Waals surface area contributed by atoms with Gasteiger partial charge in [0.05, 0.1) is 16.7 Å². The van der Waals surface area contributed by atoms with Crippen LogP contribution in [-0.4, -0.2) is 25.4 Å². The third kappa shape index (κ3) is 3.82. The largest absolute Gasteiger partial charge is 0.395 e. The van der Waals surface area contributed by atoms with Crippen LogP contribution in [0.3, 0.4) is 0 Å². The maximum Gasteiger partial charge on any atom is 0.214 e. The molecule has 98 valence electrons. The molecule has 0 aliphatic heterocycles. The van der Waals surface area contributed by atoms with E-state index in [-0.39, 0.29) is 11.9 Å². The Hall–Kier alpha value is -0.870. The van der Waals surface area contributed by atoms with Gasteiger partial charge in [-0.3, -0.25) is 0 Å². The first kappa shape index (κ1) is 13.6. The van der Waals surface area contributed by atoms with Crippen molar-refractivity contribution < 1.29 is 13.5 Å². The van der Waals surface area contributed by atoms with Crippen LogP contribution in [-0.2, 0) is 16.6 Å². The number of aliphatic hydroxyl groups excluding tert-OH is 1. The summed E-state index contributed by atoms with van der Waals surface area (Å²) in [6.45, 7) is 0.400. The van der Waals surface area contributed by atoms with E-state index >= 15 is 0 Å². The molecule has 1 saturated carbocycles. The van der Waals surface area contributed by atoms with Gasteiger partial charge in [0.15, 0.2) is 0 Å². The highest BCUT2D eigenvalue weighted by atomic mass is 32.2. The number of hydrogen-bond acceptors (Lipinski definition) is 4. The topological polar surface area (TPSA) is 66.4 Å². The van der Waals surface area contributed by atoms with Gasteiger partial charge >= 0.3 is 0 Å². The molecule has 2 rings (SSSR count). The van der Waals surface area contributed by atoms with E-state index in [1.807, 2.05) is 12.1 Å². The summed E-state index contributed by atoms with van der Waals surface area (Å²) in [6.07, 6.45) is 2.01. The van der Waals surface area contributed by atoms with Gasteiger partial charge in [0, 0.05) is 17.8 Å². The van der Waals surface area contributed by atoms with E-state index in [1.54, 1.807) is 0 Å². The Bertz CT molecular complexity index is 562. The summed E-state index contributed by atoms with van der Waals surface area (Å²) in [5.41, 5.74) is 0. The van der Waals surface area contributed by atoms with Crippen molar-refractivity contribution >= 4 is 21.4 Å². The zero-order valence-corrected chi connectivity index (χ0v) is 11.5. The zero-order chi connectivity index (χ0) is 13.0. The third-order valence-electron chi connectivity index (χ3n) is 2.52. The Morgan fingerprint density at radius 2 is 2.22 bits per heavy atom. The van der Waals surface area contributed by atoms with Crippen LogP contribution in [0.15, 0.2) is 12.1 Å². The van der Waals surface area contributed by atoms with Crippen LogP contribution >= 0.6 is 11.3 Å². The number of nitrogens with one attached hydrogen (secondary N) is 1. The lowest BCUT2D eigenvalue weighted by Crippen LogP contribution is -2.26. The first-order valence-electron chi connectivity index (χ1n) is 5.79. The number of aliphatic hydroxyl groups is 1. The van der Waals surface area contributed by atoms with Gasteiger partial charge in [-0.15, -0.1) is 11.3 Å². The van der Waals surface area contributed by atoms with Gasteiger partial charge in [0.2, 0.25) is 10.0 Å². The maximum atomic E-state index is 11.6. The summed E-state index contributed by atoms with van der Waals surface area (Å²) >= 11 is 1.47. The molecule has 0 bridgehead atoms. The summed E-state index contributed by atoms with van der Waals surface area (Å²) in [5.74, 6) is 5.77. The first-order chi connectivity index (χ1) is 8.62. The molecule has 0 amide bonds. The summed E-state index contributed by atoms with van der Waals surface area (Å²) in [6, 6.07) is 3.75. The number of rotatable bonds is 5. The quantitative estimate of drug-likeness (QED) is 0.795. The number of sulfonamides is 1. The van der Waals surface area contributed by atoms with Gasteiger partial charge in [0.1, 0.15) is 0 Å². The fraction of sp³-hybridized carbons (Fsp3) is 0.500. The predicted molar refractivity (Wildman–Crippen MR) is 71.7 cm³/mol. The summed E-state index contributed by atoms with van der Waals surface area (Å²) in [7, 11) is -3.11. The maximum absolute atomic E-state index is 11.6. The van der Waals surface area contributed by atoms with Crippen LogP contribution in [0.1, 0.15) is 29.0 Å². The van der Waals surface area contributed by atoms with E-state index < -0.39 is 10.0 Å². The molecule has 1 aliphatic rings. The van der Waals surface area contributed by atoms with Crippen LogP contribution in [0.25, 0.3) is 0 Å². The van der Waals surface area contributed by atoms with E-state index in [2.05, 4.69) is 16.6 Å². The van der Waals surface area contributed by atoms with Gasteiger partial charge in [-0.05, 0) is 25.0 Å². The second-order valence-corrected chi connectivity index (χ2v) is 7.32. The molecular formula is C12H15NO3S2. The summed E-state index contributed by atoms with van der Waals surface area (Å²) in [4.78, 5) is 1.84. The SMILES string of the molecule is O=S(=O)(NCc1ccc(C#CCCO)s1)C1CC1. The van der Waals surface area contributed by atoms with Gasteiger partial charge < -0.3 is 5.11 Å². The molecule has 0 unspecified atom stereocenters. The second-order valence-electron chi connectivity index (χ2n) is 4.11. The second kappa shape index (κ2) is 5.85. The monoisotopic (exact) mass is 285 g/mol. The number of hydrogen-bond donors (Lipinski definition) is 2. The van der Waals surface area contributed by atoms with Crippen LogP contribution < -0.4 is 4.72 Å². The van der Waals surface area contributed by atoms with E-state index in [0.29, 0.717) is 13.0 Å². The summed E-state index contributed by atoms with van der Waals surface area (Å²) < 4.78 is 25.9. The third-order valence-corrected chi connectivity index (χ3v) is 5.42. The Balaban J connectivity index is 1.89. The normalized spacial score (nSPS) is 15.2. The Morgan fingerprint density at radius 3 is 2.89 bits per heavy atom. The van der Waals surface area contributed by atoms with Crippen LogP contribution in [0.4, 0.5) is 0 Å². The van der Waals surface area contributed by atoms with Gasteiger partial charge in [-0.1, -0.05) is 11.8 Å². The minimum atomic E-state index is -3.11. The van der Waals surface area contributed by atoms with Crippen LogP contribution in [0.2, 0.25) is 0 Å². The molecular weight excluding hydrogens is 270 g/mol. The van der Waals surface area contributed by atoms with Crippen LogP contribution in [0.5, 0.6) is 0 Å². The Kier molecular flexibility index (Phi) is 4.40. The van der Waals surface area contributed by atoms with Crippen molar-refractivity contribution in [2.24, 2.45) is 0 Å². The van der Waals surface area contributed by atoms with Crippen molar-refractivity contribution in [3.05, 3.63) is 21.9 Å². The average Bonchev–Trinajstić information content (AvgIpc) is 3.10. The highest BCUT2D eigenvalue weighted by Gasteiger charge is 2.35. The van der Waals surface area contributed by atoms with E-state index in [4.69, 9.17) is 5.11 Å². The van der Waals surface area contributed by atoms with Crippen molar-refractivity contribution in [3.63, 3.8) is 0 Å². The molecule has 6 heteroatoms. The van der Waals surface area contributed by atoms with Crippen molar-refractivity contribution in [2.75, 3.05) is 6.61 Å². The standard InChI is InChI=1S/C12H15NO3S2/c14-8-2-1-3-10-4-5-11(17-10)9-13-18(15,16)12-6-7-12/h4-5,12-14H,2,6-9H2. The molecule has 0 atom stereocenters. The lowest BCUT2D eigenvalue weighted by molar-refractivity contribution is 0.305. The Labute approximate surface area is 111 Å². The van der Waals surface area contributed by atoms with Crippen LogP contribution in [0, 0.1) is 11.8 Å². The molecule has 1 fully saturated rings. The minimum absolute atomic E-state index is 0.0619. The molecule has 0 spiro atoms. The fourth-order valence-corrected chi connectivity index (χ4v) is 3.68. The first-order valence-corrected chi connectivity index (χ1v) is 8.15. The van der Waals surface area contributed by atoms with Crippen molar-refractivity contribution in [1.29, 1.82) is 0 Å². The fourth-order valence-electron chi connectivity index (χ4n) is 1.41. The molecule has 1 aromatic rings. The van der Waals surface area contributed by atoms with Crippen molar-refractivity contribution in [2.45, 2.75) is 31.1 Å². The smallest absolute Gasteiger partial charge is 0.214 e. The van der Waals surface area contributed by atoms with Crippen molar-refractivity contribution in [1.82, 2.24) is 4.72 Å². The molecule has 4 nitrogen and oxygen atoms in total. The molecule has 1 aliphatic carbocycles. The Morgan fingerprint density at radius 1 is 1.44 bits per heavy atom. The number of thiophene rings is 1. The zero-order valence-electron chi connectivity index (χ0n) is 9.85. The summed E-state index contributed by atoms with van der Waals surface area (Å²) in [5, 5.41) is 8.43. The molecule has 1 aromatic heterocycles. The van der Waals surface area contributed by atoms with E-state index in [1.165, 1.54) is 11.3 Å². The molecule has 2 N–H and O–H groups in total. The average molecular weight is 285 g/mol.